The number of rotatable bonds is 2. The minimum Gasteiger partial charge on any atom is -0.475 e. The minimum atomic E-state index is -0.144. The van der Waals surface area contributed by atoms with Crippen molar-refractivity contribution < 1.29 is 9.53 Å². The van der Waals surface area contributed by atoms with Crippen molar-refractivity contribution in [2.24, 2.45) is 4.99 Å². The van der Waals surface area contributed by atoms with Gasteiger partial charge in [0.05, 0.1) is 6.04 Å². The summed E-state index contributed by atoms with van der Waals surface area (Å²) in [7, 11) is 0. The molecule has 1 aliphatic rings. The fourth-order valence-electron chi connectivity index (χ4n) is 1.62. The van der Waals surface area contributed by atoms with Gasteiger partial charge in [0, 0.05) is 18.7 Å². The van der Waals surface area contributed by atoms with Crippen molar-refractivity contribution in [3.63, 3.8) is 0 Å². The molecule has 90 valence electrons. The van der Waals surface area contributed by atoms with Crippen LogP contribution in [0.25, 0.3) is 0 Å². The first-order valence-electron chi connectivity index (χ1n) is 5.51. The Bertz CT molecular complexity index is 483. The number of aliphatic imine (C=N–C) groups is 1. The van der Waals surface area contributed by atoms with Gasteiger partial charge >= 0.3 is 0 Å². The predicted octanol–water partition coefficient (Wildman–Crippen LogP) is 1.51. The van der Waals surface area contributed by atoms with E-state index in [0.29, 0.717) is 18.3 Å². The molecule has 0 bridgehead atoms. The number of carbonyl (C=O) groups is 1. The van der Waals surface area contributed by atoms with Crippen molar-refractivity contribution in [3.8, 4) is 0 Å². The maximum atomic E-state index is 11.0. The standard InChI is InChI=1S/C12H15N3O2/c1-7-5-13-11(15-9(3)16)4-10(7)12-14-8(2)6-17-12/h4-5,8H,6H2,1-3H3,(H,13,15,16). The zero-order valence-corrected chi connectivity index (χ0v) is 10.2. The van der Waals surface area contributed by atoms with E-state index >= 15 is 0 Å². The molecule has 0 saturated heterocycles. The first-order valence-corrected chi connectivity index (χ1v) is 5.51. The lowest BCUT2D eigenvalue weighted by Gasteiger charge is -2.08. The second-order valence-electron chi connectivity index (χ2n) is 4.16. The first-order chi connectivity index (χ1) is 8.06. The predicted molar refractivity (Wildman–Crippen MR) is 65.2 cm³/mol. The molecule has 17 heavy (non-hydrogen) atoms. The Kier molecular flexibility index (Phi) is 3.08. The van der Waals surface area contributed by atoms with Gasteiger partial charge in [-0.2, -0.15) is 0 Å². The summed E-state index contributed by atoms with van der Waals surface area (Å²) in [6.45, 7) is 5.99. The second kappa shape index (κ2) is 4.53. The molecule has 0 spiro atoms. The highest BCUT2D eigenvalue weighted by Crippen LogP contribution is 2.17. The molecule has 0 aliphatic carbocycles. The fraction of sp³-hybridized carbons (Fsp3) is 0.417. The van der Waals surface area contributed by atoms with Crippen LogP contribution in [0.2, 0.25) is 0 Å². The van der Waals surface area contributed by atoms with Crippen molar-refractivity contribution in [1.29, 1.82) is 0 Å². The van der Waals surface area contributed by atoms with Gasteiger partial charge in [-0.05, 0) is 25.5 Å². The van der Waals surface area contributed by atoms with Gasteiger partial charge in [0.1, 0.15) is 12.4 Å². The quantitative estimate of drug-likeness (QED) is 0.842. The SMILES string of the molecule is CC(=O)Nc1cc(C2=NC(C)CO2)c(C)cn1. The molecule has 1 unspecified atom stereocenters. The molecule has 0 aromatic carbocycles. The molecule has 0 fully saturated rings. The highest BCUT2D eigenvalue weighted by atomic mass is 16.5. The van der Waals surface area contributed by atoms with Gasteiger partial charge in [-0.1, -0.05) is 0 Å². The number of anilines is 1. The first kappa shape index (κ1) is 11.6. The number of hydrogen-bond donors (Lipinski definition) is 1. The van der Waals surface area contributed by atoms with E-state index in [1.165, 1.54) is 6.92 Å². The average Bonchev–Trinajstić information content (AvgIpc) is 2.67. The molecule has 5 nitrogen and oxygen atoms in total. The molecule has 0 radical (unpaired) electrons. The molecule has 1 aromatic rings. The summed E-state index contributed by atoms with van der Waals surface area (Å²) in [4.78, 5) is 19.5. The molecule has 1 amide bonds. The summed E-state index contributed by atoms with van der Waals surface area (Å²) in [6, 6.07) is 1.97. The van der Waals surface area contributed by atoms with E-state index in [1.54, 1.807) is 12.3 Å². The maximum absolute atomic E-state index is 11.0. The van der Waals surface area contributed by atoms with Crippen molar-refractivity contribution in [1.82, 2.24) is 4.98 Å². The van der Waals surface area contributed by atoms with Crippen molar-refractivity contribution >= 4 is 17.6 Å². The average molecular weight is 233 g/mol. The maximum Gasteiger partial charge on any atom is 0.222 e. The monoisotopic (exact) mass is 233 g/mol. The molecule has 5 heteroatoms. The largest absolute Gasteiger partial charge is 0.475 e. The van der Waals surface area contributed by atoms with E-state index in [1.807, 2.05) is 13.8 Å². The van der Waals surface area contributed by atoms with E-state index in [-0.39, 0.29) is 11.9 Å². The number of amides is 1. The van der Waals surface area contributed by atoms with Gasteiger partial charge in [-0.25, -0.2) is 9.98 Å². The van der Waals surface area contributed by atoms with Crippen LogP contribution in [0.3, 0.4) is 0 Å². The number of nitrogens with zero attached hydrogens (tertiary/aromatic N) is 2. The van der Waals surface area contributed by atoms with Crippen LogP contribution < -0.4 is 5.32 Å². The summed E-state index contributed by atoms with van der Waals surface area (Å²) >= 11 is 0. The van der Waals surface area contributed by atoms with Gasteiger partial charge in [-0.15, -0.1) is 0 Å². The zero-order valence-electron chi connectivity index (χ0n) is 10.2. The molecular formula is C12H15N3O2. The van der Waals surface area contributed by atoms with Gasteiger partial charge in [0.2, 0.25) is 11.8 Å². The summed E-state index contributed by atoms with van der Waals surface area (Å²) in [6.07, 6.45) is 1.70. The molecule has 1 N–H and O–H groups in total. The lowest BCUT2D eigenvalue weighted by Crippen LogP contribution is -2.10. The molecule has 1 aliphatic heterocycles. The van der Waals surface area contributed by atoms with Gasteiger partial charge in [0.15, 0.2) is 0 Å². The van der Waals surface area contributed by atoms with Crippen molar-refractivity contribution in [3.05, 3.63) is 23.4 Å². The van der Waals surface area contributed by atoms with Crippen LogP contribution in [-0.4, -0.2) is 29.4 Å². The molecule has 0 saturated carbocycles. The number of nitrogens with one attached hydrogen (secondary N) is 1. The number of pyridine rings is 1. The van der Waals surface area contributed by atoms with Gasteiger partial charge in [-0.3, -0.25) is 4.79 Å². The van der Waals surface area contributed by atoms with Crippen LogP contribution in [-0.2, 0) is 9.53 Å². The van der Waals surface area contributed by atoms with E-state index < -0.39 is 0 Å². The number of ether oxygens (including phenoxy) is 1. The van der Waals surface area contributed by atoms with E-state index in [0.717, 1.165) is 11.1 Å². The number of carbonyl (C=O) groups excluding carboxylic acids is 1. The molecular weight excluding hydrogens is 218 g/mol. The lowest BCUT2D eigenvalue weighted by atomic mass is 10.1. The molecule has 2 heterocycles. The number of hydrogen-bond acceptors (Lipinski definition) is 4. The Morgan fingerprint density at radius 2 is 2.35 bits per heavy atom. The van der Waals surface area contributed by atoms with Crippen LogP contribution in [0.15, 0.2) is 17.3 Å². The number of aryl methyl sites for hydroxylation is 1. The topological polar surface area (TPSA) is 63.6 Å². The van der Waals surface area contributed by atoms with Gasteiger partial charge in [0.25, 0.3) is 0 Å². The van der Waals surface area contributed by atoms with E-state index in [9.17, 15) is 4.79 Å². The highest BCUT2D eigenvalue weighted by molar-refractivity contribution is 5.98. The van der Waals surface area contributed by atoms with Crippen LogP contribution in [0, 0.1) is 6.92 Å². The molecule has 1 aromatic heterocycles. The lowest BCUT2D eigenvalue weighted by molar-refractivity contribution is -0.114. The Balaban J connectivity index is 2.33. The van der Waals surface area contributed by atoms with E-state index in [2.05, 4.69) is 15.3 Å². The van der Waals surface area contributed by atoms with Gasteiger partial charge < -0.3 is 10.1 Å². The van der Waals surface area contributed by atoms with Crippen LogP contribution in [0.4, 0.5) is 5.82 Å². The Labute approximate surface area is 99.9 Å². The third-order valence-electron chi connectivity index (χ3n) is 2.44. The highest BCUT2D eigenvalue weighted by Gasteiger charge is 2.18. The fourth-order valence-corrected chi connectivity index (χ4v) is 1.62. The van der Waals surface area contributed by atoms with Crippen LogP contribution in [0.1, 0.15) is 25.0 Å². The van der Waals surface area contributed by atoms with E-state index in [4.69, 9.17) is 4.74 Å². The Morgan fingerprint density at radius 3 is 2.94 bits per heavy atom. The third kappa shape index (κ3) is 2.61. The summed E-state index contributed by atoms with van der Waals surface area (Å²) in [5.74, 6) is 1.00. The zero-order chi connectivity index (χ0) is 12.4. The summed E-state index contributed by atoms with van der Waals surface area (Å²) in [5, 5.41) is 2.65. The third-order valence-corrected chi connectivity index (χ3v) is 2.44. The second-order valence-corrected chi connectivity index (χ2v) is 4.16. The Morgan fingerprint density at radius 1 is 1.59 bits per heavy atom. The van der Waals surface area contributed by atoms with Crippen molar-refractivity contribution in [2.45, 2.75) is 26.8 Å². The minimum absolute atomic E-state index is 0.144. The smallest absolute Gasteiger partial charge is 0.222 e. The Hall–Kier alpha value is -1.91. The number of aromatic nitrogens is 1. The van der Waals surface area contributed by atoms with Crippen LogP contribution in [0.5, 0.6) is 0 Å². The normalized spacial score (nSPS) is 18.5. The van der Waals surface area contributed by atoms with Crippen LogP contribution >= 0.6 is 0 Å². The summed E-state index contributed by atoms with van der Waals surface area (Å²) in [5.41, 5.74) is 1.86. The van der Waals surface area contributed by atoms with Crippen molar-refractivity contribution in [2.75, 3.05) is 11.9 Å². The molecule has 1 atom stereocenters. The molecule has 2 rings (SSSR count). The summed E-state index contributed by atoms with van der Waals surface area (Å²) < 4.78 is 5.50.